The Hall–Kier alpha value is -2.75. The standard InChI is InChI=1S/C24H29NO3/c1-16(2)15-27-22-11-8-19(9-12-22)5-6-20-7-10-21-14-23(28-24(21)13-20)17(3)25-18(4)26/h7-14,16-17H,5-6,15H2,1-4H3,(H,25,26). The minimum atomic E-state index is -0.134. The maximum atomic E-state index is 11.2. The summed E-state index contributed by atoms with van der Waals surface area (Å²) in [4.78, 5) is 11.2. The molecule has 1 aromatic heterocycles. The zero-order chi connectivity index (χ0) is 20.1. The van der Waals surface area contributed by atoms with Gasteiger partial charge in [0.25, 0.3) is 0 Å². The van der Waals surface area contributed by atoms with Crippen LogP contribution in [0.15, 0.2) is 52.9 Å². The lowest BCUT2D eigenvalue weighted by molar-refractivity contribution is -0.119. The van der Waals surface area contributed by atoms with E-state index < -0.39 is 0 Å². The van der Waals surface area contributed by atoms with Crippen molar-refractivity contribution in [2.24, 2.45) is 5.92 Å². The predicted molar refractivity (Wildman–Crippen MR) is 113 cm³/mol. The number of hydrogen-bond donors (Lipinski definition) is 1. The van der Waals surface area contributed by atoms with E-state index in [1.54, 1.807) is 0 Å². The van der Waals surface area contributed by atoms with Crippen molar-refractivity contribution in [3.8, 4) is 5.75 Å². The second-order valence-corrected chi connectivity index (χ2v) is 7.79. The van der Waals surface area contributed by atoms with Crippen molar-refractivity contribution < 1.29 is 13.9 Å². The van der Waals surface area contributed by atoms with Gasteiger partial charge in [0.15, 0.2) is 0 Å². The molecule has 1 atom stereocenters. The highest BCUT2D eigenvalue weighted by Crippen LogP contribution is 2.25. The molecule has 0 radical (unpaired) electrons. The van der Waals surface area contributed by atoms with Crippen LogP contribution in [0.25, 0.3) is 11.0 Å². The molecule has 3 rings (SSSR count). The van der Waals surface area contributed by atoms with E-state index in [1.807, 2.05) is 25.1 Å². The van der Waals surface area contributed by atoms with Gasteiger partial charge in [-0.1, -0.05) is 38.1 Å². The molecule has 1 heterocycles. The molecule has 1 N–H and O–H groups in total. The average molecular weight is 380 g/mol. The molecule has 0 spiro atoms. The molecule has 2 aromatic carbocycles. The lowest BCUT2D eigenvalue weighted by atomic mass is 10.0. The molecule has 4 heteroatoms. The van der Waals surface area contributed by atoms with Crippen molar-refractivity contribution in [3.63, 3.8) is 0 Å². The molecule has 0 bridgehead atoms. The van der Waals surface area contributed by atoms with Crippen molar-refractivity contribution in [1.82, 2.24) is 5.32 Å². The Morgan fingerprint density at radius 1 is 1.00 bits per heavy atom. The molecule has 0 fully saturated rings. The number of rotatable bonds is 8. The summed E-state index contributed by atoms with van der Waals surface area (Å²) < 4.78 is 11.7. The van der Waals surface area contributed by atoms with Gasteiger partial charge in [0, 0.05) is 12.3 Å². The van der Waals surface area contributed by atoms with E-state index in [-0.39, 0.29) is 11.9 Å². The molecule has 0 aliphatic heterocycles. The lowest BCUT2D eigenvalue weighted by Gasteiger charge is -2.09. The highest BCUT2D eigenvalue weighted by atomic mass is 16.5. The van der Waals surface area contributed by atoms with E-state index in [2.05, 4.69) is 49.5 Å². The number of ether oxygens (including phenoxy) is 1. The highest BCUT2D eigenvalue weighted by Gasteiger charge is 2.12. The predicted octanol–water partition coefficient (Wildman–Crippen LogP) is 5.45. The first-order chi connectivity index (χ1) is 13.4. The fraction of sp³-hybridized carbons (Fsp3) is 0.375. The Bertz CT molecular complexity index is 925. The van der Waals surface area contributed by atoms with E-state index in [0.717, 1.165) is 41.9 Å². The van der Waals surface area contributed by atoms with Crippen LogP contribution in [0.3, 0.4) is 0 Å². The van der Waals surface area contributed by atoms with Crippen LogP contribution >= 0.6 is 0 Å². The summed E-state index contributed by atoms with van der Waals surface area (Å²) >= 11 is 0. The average Bonchev–Trinajstić information content (AvgIpc) is 3.08. The van der Waals surface area contributed by atoms with E-state index >= 15 is 0 Å². The first kappa shape index (κ1) is 20.0. The molecule has 148 valence electrons. The molecule has 28 heavy (non-hydrogen) atoms. The number of benzene rings is 2. The molecule has 0 saturated heterocycles. The Balaban J connectivity index is 1.62. The SMILES string of the molecule is CC(=O)NC(C)c1cc2ccc(CCc3ccc(OCC(C)C)cc3)cc2o1. The topological polar surface area (TPSA) is 51.5 Å². The number of carbonyl (C=O) groups excluding carboxylic acids is 1. The van der Waals surface area contributed by atoms with Crippen LogP contribution in [0.4, 0.5) is 0 Å². The Morgan fingerprint density at radius 3 is 2.36 bits per heavy atom. The third-order valence-electron chi connectivity index (χ3n) is 4.66. The van der Waals surface area contributed by atoms with Crippen LogP contribution in [0.2, 0.25) is 0 Å². The smallest absolute Gasteiger partial charge is 0.217 e. The molecular formula is C24H29NO3. The number of aryl methyl sites for hydroxylation is 2. The fourth-order valence-corrected chi connectivity index (χ4v) is 3.14. The van der Waals surface area contributed by atoms with Crippen molar-refractivity contribution >= 4 is 16.9 Å². The monoisotopic (exact) mass is 379 g/mol. The van der Waals surface area contributed by atoms with Gasteiger partial charge < -0.3 is 14.5 Å². The Kier molecular flexibility index (Phi) is 6.40. The maximum Gasteiger partial charge on any atom is 0.217 e. The molecule has 3 aromatic rings. The van der Waals surface area contributed by atoms with Crippen LogP contribution in [0.5, 0.6) is 5.75 Å². The van der Waals surface area contributed by atoms with Crippen LogP contribution in [-0.4, -0.2) is 12.5 Å². The summed E-state index contributed by atoms with van der Waals surface area (Å²) in [6, 6.07) is 16.5. The number of nitrogens with one attached hydrogen (secondary N) is 1. The molecule has 1 unspecified atom stereocenters. The van der Waals surface area contributed by atoms with Gasteiger partial charge in [0.1, 0.15) is 17.1 Å². The summed E-state index contributed by atoms with van der Waals surface area (Å²) in [6.45, 7) is 8.47. The maximum absolute atomic E-state index is 11.2. The molecule has 0 aliphatic carbocycles. The van der Waals surface area contributed by atoms with Crippen LogP contribution in [0, 0.1) is 5.92 Å². The van der Waals surface area contributed by atoms with Gasteiger partial charge in [-0.05, 0) is 61.1 Å². The van der Waals surface area contributed by atoms with Crippen molar-refractivity contribution in [2.75, 3.05) is 6.61 Å². The van der Waals surface area contributed by atoms with Crippen LogP contribution < -0.4 is 10.1 Å². The van der Waals surface area contributed by atoms with E-state index in [0.29, 0.717) is 5.92 Å². The molecule has 4 nitrogen and oxygen atoms in total. The van der Waals surface area contributed by atoms with Gasteiger partial charge in [0.05, 0.1) is 12.6 Å². The minimum absolute atomic E-state index is 0.0609. The first-order valence-corrected chi connectivity index (χ1v) is 9.92. The van der Waals surface area contributed by atoms with Crippen LogP contribution in [-0.2, 0) is 17.6 Å². The zero-order valence-electron chi connectivity index (χ0n) is 17.1. The Morgan fingerprint density at radius 2 is 1.68 bits per heavy atom. The van der Waals surface area contributed by atoms with Crippen molar-refractivity contribution in [3.05, 3.63) is 65.4 Å². The molecule has 0 saturated carbocycles. The molecule has 0 aliphatic rings. The van der Waals surface area contributed by atoms with Gasteiger partial charge in [-0.25, -0.2) is 0 Å². The van der Waals surface area contributed by atoms with Gasteiger partial charge in [-0.3, -0.25) is 4.79 Å². The normalized spacial score (nSPS) is 12.3. The molecular weight excluding hydrogens is 350 g/mol. The number of amides is 1. The third kappa shape index (κ3) is 5.38. The third-order valence-corrected chi connectivity index (χ3v) is 4.66. The van der Waals surface area contributed by atoms with Gasteiger partial charge in [0.2, 0.25) is 5.91 Å². The number of carbonyl (C=O) groups is 1. The van der Waals surface area contributed by atoms with Crippen molar-refractivity contribution in [2.45, 2.75) is 46.6 Å². The fourth-order valence-electron chi connectivity index (χ4n) is 3.14. The second-order valence-electron chi connectivity index (χ2n) is 7.79. The second kappa shape index (κ2) is 8.96. The summed E-state index contributed by atoms with van der Waals surface area (Å²) in [7, 11) is 0. The lowest BCUT2D eigenvalue weighted by Crippen LogP contribution is -2.23. The number of fused-ring (bicyclic) bond motifs is 1. The summed E-state index contributed by atoms with van der Waals surface area (Å²) in [5.74, 6) is 2.17. The zero-order valence-corrected chi connectivity index (χ0v) is 17.1. The summed E-state index contributed by atoms with van der Waals surface area (Å²) in [5, 5.41) is 3.92. The molecule has 1 amide bonds. The van der Waals surface area contributed by atoms with E-state index in [1.165, 1.54) is 18.1 Å². The first-order valence-electron chi connectivity index (χ1n) is 9.92. The summed E-state index contributed by atoms with van der Waals surface area (Å²) in [6.07, 6.45) is 1.91. The van der Waals surface area contributed by atoms with Gasteiger partial charge >= 0.3 is 0 Å². The number of hydrogen-bond acceptors (Lipinski definition) is 3. The Labute approximate surface area is 166 Å². The highest BCUT2D eigenvalue weighted by molar-refractivity contribution is 5.79. The van der Waals surface area contributed by atoms with E-state index in [9.17, 15) is 4.79 Å². The minimum Gasteiger partial charge on any atom is -0.493 e. The van der Waals surface area contributed by atoms with Gasteiger partial charge in [-0.2, -0.15) is 0 Å². The quantitative estimate of drug-likeness (QED) is 0.566. The van der Waals surface area contributed by atoms with Crippen LogP contribution in [0.1, 0.15) is 50.6 Å². The van der Waals surface area contributed by atoms with Crippen molar-refractivity contribution in [1.29, 1.82) is 0 Å². The largest absolute Gasteiger partial charge is 0.493 e. The summed E-state index contributed by atoms with van der Waals surface area (Å²) in [5.41, 5.74) is 3.39. The number of furan rings is 1. The van der Waals surface area contributed by atoms with Gasteiger partial charge in [-0.15, -0.1) is 0 Å². The van der Waals surface area contributed by atoms with E-state index in [4.69, 9.17) is 9.15 Å².